The van der Waals surface area contributed by atoms with Gasteiger partial charge in [0.15, 0.2) is 0 Å². The Hall–Kier alpha value is -1.62. The second-order valence-corrected chi connectivity index (χ2v) is 5.31. The van der Waals surface area contributed by atoms with Gasteiger partial charge in [0.2, 0.25) is 0 Å². The number of aliphatic hydroxyl groups excluding tert-OH is 1. The molecule has 1 amide bonds. The van der Waals surface area contributed by atoms with Gasteiger partial charge in [0.05, 0.1) is 6.10 Å². The van der Waals surface area contributed by atoms with Gasteiger partial charge in [0.1, 0.15) is 0 Å². The van der Waals surface area contributed by atoms with Crippen molar-refractivity contribution in [3.63, 3.8) is 0 Å². The number of aromatic nitrogens is 1. The third-order valence-electron chi connectivity index (χ3n) is 3.83. The van der Waals surface area contributed by atoms with Crippen molar-refractivity contribution in [3.8, 4) is 0 Å². The molecule has 5 heteroatoms. The third kappa shape index (κ3) is 3.04. The maximum absolute atomic E-state index is 12.2. The summed E-state index contributed by atoms with van der Waals surface area (Å²) in [5, 5.41) is 9.78. The van der Waals surface area contributed by atoms with E-state index in [0.29, 0.717) is 12.1 Å². The molecule has 1 aliphatic rings. The lowest BCUT2D eigenvalue weighted by molar-refractivity contribution is 0.0693. The van der Waals surface area contributed by atoms with Gasteiger partial charge in [0, 0.05) is 44.4 Å². The summed E-state index contributed by atoms with van der Waals surface area (Å²) in [7, 11) is 3.36. The van der Waals surface area contributed by atoms with Crippen molar-refractivity contribution in [3.05, 3.63) is 34.2 Å². The molecule has 0 spiro atoms. The maximum atomic E-state index is 12.2. The summed E-state index contributed by atoms with van der Waals surface area (Å²) in [6, 6.07) is 3.00. The number of aliphatic hydroxyl groups is 1. The van der Waals surface area contributed by atoms with Gasteiger partial charge in [-0.25, -0.2) is 0 Å². The van der Waals surface area contributed by atoms with E-state index in [9.17, 15) is 14.7 Å². The molecule has 1 aromatic heterocycles. The van der Waals surface area contributed by atoms with Gasteiger partial charge in [-0.3, -0.25) is 9.59 Å². The monoisotopic (exact) mass is 264 g/mol. The molecule has 0 saturated heterocycles. The third-order valence-corrected chi connectivity index (χ3v) is 3.83. The molecule has 1 fully saturated rings. The number of hydrogen-bond donors (Lipinski definition) is 1. The summed E-state index contributed by atoms with van der Waals surface area (Å²) in [6.07, 6.45) is 4.07. The summed E-state index contributed by atoms with van der Waals surface area (Å²) < 4.78 is 1.43. The molecule has 1 saturated carbocycles. The van der Waals surface area contributed by atoms with Crippen molar-refractivity contribution < 1.29 is 9.90 Å². The van der Waals surface area contributed by atoms with Crippen molar-refractivity contribution in [1.82, 2.24) is 9.47 Å². The highest BCUT2D eigenvalue weighted by molar-refractivity contribution is 5.93. The van der Waals surface area contributed by atoms with Gasteiger partial charge in [-0.15, -0.1) is 0 Å². The highest BCUT2D eigenvalue weighted by atomic mass is 16.3. The molecule has 2 atom stereocenters. The van der Waals surface area contributed by atoms with Crippen LogP contribution in [0.5, 0.6) is 0 Å². The molecule has 104 valence electrons. The molecule has 0 radical (unpaired) electrons. The van der Waals surface area contributed by atoms with E-state index in [1.165, 1.54) is 10.6 Å². The van der Waals surface area contributed by atoms with Crippen LogP contribution < -0.4 is 5.56 Å². The molecular weight excluding hydrogens is 244 g/mol. The highest BCUT2D eigenvalue weighted by Crippen LogP contribution is 2.26. The molecule has 1 aromatic rings. The van der Waals surface area contributed by atoms with Crippen LogP contribution in [0, 0.1) is 5.92 Å². The highest BCUT2D eigenvalue weighted by Gasteiger charge is 2.27. The van der Waals surface area contributed by atoms with E-state index in [1.807, 2.05) is 0 Å². The van der Waals surface area contributed by atoms with Crippen LogP contribution in [0.1, 0.15) is 29.6 Å². The Morgan fingerprint density at radius 1 is 1.53 bits per heavy atom. The normalized spacial score (nSPS) is 22.5. The van der Waals surface area contributed by atoms with Crippen molar-refractivity contribution in [2.45, 2.75) is 25.4 Å². The second kappa shape index (κ2) is 5.57. The molecule has 0 bridgehead atoms. The Morgan fingerprint density at radius 3 is 2.84 bits per heavy atom. The number of carbonyl (C=O) groups excluding carboxylic acids is 1. The number of aryl methyl sites for hydroxylation is 1. The summed E-state index contributed by atoms with van der Waals surface area (Å²) in [5.74, 6) is -0.0164. The smallest absolute Gasteiger partial charge is 0.253 e. The molecule has 1 heterocycles. The van der Waals surface area contributed by atoms with Crippen LogP contribution in [0.15, 0.2) is 23.1 Å². The molecule has 5 nitrogen and oxygen atoms in total. The van der Waals surface area contributed by atoms with Crippen LogP contribution in [0.4, 0.5) is 0 Å². The zero-order valence-electron chi connectivity index (χ0n) is 11.4. The predicted molar refractivity (Wildman–Crippen MR) is 72.0 cm³/mol. The Kier molecular flexibility index (Phi) is 4.04. The minimum Gasteiger partial charge on any atom is -0.393 e. The first-order valence-corrected chi connectivity index (χ1v) is 6.59. The number of nitrogens with zero attached hydrogens (tertiary/aromatic N) is 2. The number of pyridine rings is 1. The Bertz CT molecular complexity index is 524. The largest absolute Gasteiger partial charge is 0.393 e. The van der Waals surface area contributed by atoms with E-state index >= 15 is 0 Å². The topological polar surface area (TPSA) is 62.5 Å². The molecule has 2 rings (SSSR count). The van der Waals surface area contributed by atoms with Gasteiger partial charge in [-0.2, -0.15) is 0 Å². The molecule has 0 aliphatic heterocycles. The van der Waals surface area contributed by atoms with E-state index < -0.39 is 0 Å². The number of hydrogen-bond acceptors (Lipinski definition) is 3. The van der Waals surface area contributed by atoms with E-state index in [-0.39, 0.29) is 23.5 Å². The first-order valence-electron chi connectivity index (χ1n) is 6.59. The standard InChI is InChI=1S/C14H20N2O3/c1-15-7-6-10(8-13(15)18)14(19)16(2)9-11-4-3-5-12(11)17/h6-8,11-12,17H,3-5,9H2,1-2H3. The van der Waals surface area contributed by atoms with E-state index in [2.05, 4.69) is 0 Å². The number of rotatable bonds is 3. The fraction of sp³-hybridized carbons (Fsp3) is 0.571. The van der Waals surface area contributed by atoms with Gasteiger partial charge >= 0.3 is 0 Å². The SMILES string of the molecule is CN(CC1CCCC1O)C(=O)c1ccn(C)c(=O)c1. The first-order chi connectivity index (χ1) is 8.99. The van der Waals surface area contributed by atoms with Crippen LogP contribution >= 0.6 is 0 Å². The van der Waals surface area contributed by atoms with Gasteiger partial charge in [-0.05, 0) is 18.9 Å². The summed E-state index contributed by atoms with van der Waals surface area (Å²) >= 11 is 0. The van der Waals surface area contributed by atoms with Crippen molar-refractivity contribution in [2.24, 2.45) is 13.0 Å². The van der Waals surface area contributed by atoms with E-state index in [1.54, 1.807) is 31.3 Å². The average Bonchev–Trinajstić information content (AvgIpc) is 2.77. The van der Waals surface area contributed by atoms with Crippen LogP contribution in [0.25, 0.3) is 0 Å². The number of carbonyl (C=O) groups is 1. The Morgan fingerprint density at radius 2 is 2.26 bits per heavy atom. The summed E-state index contributed by atoms with van der Waals surface area (Å²) in [4.78, 5) is 25.3. The summed E-state index contributed by atoms with van der Waals surface area (Å²) in [5.41, 5.74) is 0.207. The molecule has 1 N–H and O–H groups in total. The van der Waals surface area contributed by atoms with Crippen molar-refractivity contribution in [1.29, 1.82) is 0 Å². The minimum atomic E-state index is -0.307. The quantitative estimate of drug-likeness (QED) is 0.870. The lowest BCUT2D eigenvalue weighted by Gasteiger charge is -2.23. The van der Waals surface area contributed by atoms with E-state index in [0.717, 1.165) is 19.3 Å². The molecule has 1 aliphatic carbocycles. The lowest BCUT2D eigenvalue weighted by atomic mass is 10.1. The van der Waals surface area contributed by atoms with Gasteiger partial charge in [-0.1, -0.05) is 6.42 Å². The summed E-state index contributed by atoms with van der Waals surface area (Å²) in [6.45, 7) is 0.537. The molecule has 19 heavy (non-hydrogen) atoms. The van der Waals surface area contributed by atoms with Crippen LogP contribution in [-0.2, 0) is 7.05 Å². The zero-order valence-corrected chi connectivity index (χ0v) is 11.4. The molecule has 0 aromatic carbocycles. The maximum Gasteiger partial charge on any atom is 0.253 e. The van der Waals surface area contributed by atoms with E-state index in [4.69, 9.17) is 0 Å². The predicted octanol–water partition coefficient (Wildman–Crippen LogP) is 0.618. The Labute approximate surface area is 112 Å². The van der Waals surface area contributed by atoms with Gasteiger partial charge < -0.3 is 14.6 Å². The van der Waals surface area contributed by atoms with Crippen molar-refractivity contribution >= 4 is 5.91 Å². The van der Waals surface area contributed by atoms with Crippen LogP contribution in [0.2, 0.25) is 0 Å². The fourth-order valence-corrected chi connectivity index (χ4v) is 2.57. The lowest BCUT2D eigenvalue weighted by Crippen LogP contribution is -2.35. The van der Waals surface area contributed by atoms with Crippen molar-refractivity contribution in [2.75, 3.05) is 13.6 Å². The fourth-order valence-electron chi connectivity index (χ4n) is 2.57. The Balaban J connectivity index is 2.06. The van der Waals surface area contributed by atoms with Gasteiger partial charge in [0.25, 0.3) is 11.5 Å². The minimum absolute atomic E-state index is 0.153. The van der Waals surface area contributed by atoms with Crippen LogP contribution in [0.3, 0.4) is 0 Å². The number of amides is 1. The first kappa shape index (κ1) is 13.8. The average molecular weight is 264 g/mol. The molecule has 2 unspecified atom stereocenters. The molecular formula is C14H20N2O3. The zero-order chi connectivity index (χ0) is 14.0. The second-order valence-electron chi connectivity index (χ2n) is 5.31. The van der Waals surface area contributed by atoms with Crippen LogP contribution in [-0.4, -0.2) is 40.2 Å².